The number of nitrogens with zero attached hydrogens (tertiary/aromatic N) is 2. The SMILES string of the molecule is Cc1nc(S(=O)(=O)NCCC(=O)NC2CCCCC2CN)cn1C. The monoisotopic (exact) mass is 357 g/mol. The van der Waals surface area contributed by atoms with Gasteiger partial charge in [0, 0.05) is 32.3 Å². The minimum Gasteiger partial charge on any atom is -0.353 e. The molecule has 1 aromatic rings. The standard InChI is InChI=1S/C15H27N5O3S/c1-11-18-15(10-20(11)2)24(22,23)17-8-7-14(21)19-13-6-4-3-5-12(13)9-16/h10,12-13,17H,3-9,16H2,1-2H3,(H,19,21). The molecule has 0 bridgehead atoms. The van der Waals surface area contributed by atoms with Crippen LogP contribution in [0.15, 0.2) is 11.2 Å². The number of aromatic nitrogens is 2. The normalized spacial score (nSPS) is 21.6. The van der Waals surface area contributed by atoms with Crippen molar-refractivity contribution in [2.75, 3.05) is 13.1 Å². The molecule has 1 aliphatic carbocycles. The maximum atomic E-state index is 12.1. The molecule has 2 rings (SSSR count). The lowest BCUT2D eigenvalue weighted by Gasteiger charge is -2.31. The summed E-state index contributed by atoms with van der Waals surface area (Å²) in [5.41, 5.74) is 5.75. The average Bonchev–Trinajstić information content (AvgIpc) is 2.88. The van der Waals surface area contributed by atoms with Gasteiger partial charge in [-0.2, -0.15) is 0 Å². The number of amides is 1. The van der Waals surface area contributed by atoms with Gasteiger partial charge in [0.15, 0.2) is 5.03 Å². The molecule has 1 aliphatic rings. The van der Waals surface area contributed by atoms with Gasteiger partial charge in [-0.15, -0.1) is 0 Å². The average molecular weight is 357 g/mol. The van der Waals surface area contributed by atoms with E-state index in [0.29, 0.717) is 18.3 Å². The van der Waals surface area contributed by atoms with Crippen molar-refractivity contribution in [2.24, 2.45) is 18.7 Å². The summed E-state index contributed by atoms with van der Waals surface area (Å²) in [5, 5.41) is 2.96. The van der Waals surface area contributed by atoms with Crippen molar-refractivity contribution in [3.63, 3.8) is 0 Å². The van der Waals surface area contributed by atoms with Gasteiger partial charge in [0.25, 0.3) is 10.0 Å². The Morgan fingerprint density at radius 1 is 1.42 bits per heavy atom. The summed E-state index contributed by atoms with van der Waals surface area (Å²) in [5.74, 6) is 0.773. The molecule has 24 heavy (non-hydrogen) atoms. The summed E-state index contributed by atoms with van der Waals surface area (Å²) in [4.78, 5) is 16.0. The lowest BCUT2D eigenvalue weighted by Crippen LogP contribution is -2.45. The van der Waals surface area contributed by atoms with E-state index in [1.165, 1.54) is 6.20 Å². The number of carbonyl (C=O) groups excluding carboxylic acids is 1. The Balaban J connectivity index is 1.81. The highest BCUT2D eigenvalue weighted by Gasteiger charge is 2.25. The lowest BCUT2D eigenvalue weighted by molar-refractivity contribution is -0.122. The first-order valence-electron chi connectivity index (χ1n) is 8.32. The highest BCUT2D eigenvalue weighted by Crippen LogP contribution is 2.23. The Hall–Kier alpha value is -1.45. The predicted molar refractivity (Wildman–Crippen MR) is 90.7 cm³/mol. The predicted octanol–water partition coefficient (Wildman–Crippen LogP) is 0.0306. The van der Waals surface area contributed by atoms with Crippen LogP contribution in [0, 0.1) is 12.8 Å². The van der Waals surface area contributed by atoms with E-state index in [4.69, 9.17) is 5.73 Å². The molecule has 8 nitrogen and oxygen atoms in total. The Morgan fingerprint density at radius 3 is 2.75 bits per heavy atom. The van der Waals surface area contributed by atoms with Crippen LogP contribution in [0.25, 0.3) is 0 Å². The molecule has 4 N–H and O–H groups in total. The summed E-state index contributed by atoms with van der Waals surface area (Å²) in [6.07, 6.45) is 5.76. The fraction of sp³-hybridized carbons (Fsp3) is 0.733. The number of rotatable bonds is 7. The van der Waals surface area contributed by atoms with Gasteiger partial charge in [0.05, 0.1) is 0 Å². The molecule has 0 aliphatic heterocycles. The number of nitrogens with one attached hydrogen (secondary N) is 2. The van der Waals surface area contributed by atoms with Crippen LogP contribution in [0.3, 0.4) is 0 Å². The fourth-order valence-electron chi connectivity index (χ4n) is 2.99. The molecular weight excluding hydrogens is 330 g/mol. The number of imidazole rings is 1. The molecule has 136 valence electrons. The molecule has 0 aromatic carbocycles. The van der Waals surface area contributed by atoms with E-state index in [-0.39, 0.29) is 29.9 Å². The van der Waals surface area contributed by atoms with Gasteiger partial charge in [0.2, 0.25) is 5.91 Å². The van der Waals surface area contributed by atoms with Crippen LogP contribution in [-0.4, -0.2) is 43.0 Å². The van der Waals surface area contributed by atoms with Crippen molar-refractivity contribution >= 4 is 15.9 Å². The third kappa shape index (κ3) is 4.78. The summed E-state index contributed by atoms with van der Waals surface area (Å²) in [6.45, 7) is 2.34. The van der Waals surface area contributed by atoms with Gasteiger partial charge >= 0.3 is 0 Å². The Morgan fingerprint density at radius 2 is 2.12 bits per heavy atom. The Bertz CT molecular complexity index is 651. The molecule has 0 saturated heterocycles. The molecule has 9 heteroatoms. The van der Waals surface area contributed by atoms with E-state index in [1.807, 2.05) is 0 Å². The summed E-state index contributed by atoms with van der Waals surface area (Å²) in [6, 6.07) is 0.103. The van der Waals surface area contributed by atoms with Gasteiger partial charge < -0.3 is 15.6 Å². The minimum absolute atomic E-state index is 0.0293. The first-order chi connectivity index (χ1) is 11.3. The van der Waals surface area contributed by atoms with Crippen LogP contribution in [0.1, 0.15) is 37.9 Å². The number of sulfonamides is 1. The van der Waals surface area contributed by atoms with Crippen molar-refractivity contribution in [2.45, 2.75) is 50.1 Å². The molecule has 1 aromatic heterocycles. The van der Waals surface area contributed by atoms with E-state index in [2.05, 4.69) is 15.0 Å². The quantitative estimate of drug-likeness (QED) is 0.636. The van der Waals surface area contributed by atoms with Crippen molar-refractivity contribution in [3.05, 3.63) is 12.0 Å². The number of aryl methyl sites for hydroxylation is 2. The highest BCUT2D eigenvalue weighted by atomic mass is 32.2. The lowest BCUT2D eigenvalue weighted by atomic mass is 9.84. The Kier molecular flexibility index (Phi) is 6.36. The molecule has 0 spiro atoms. The largest absolute Gasteiger partial charge is 0.353 e. The van der Waals surface area contributed by atoms with Crippen molar-refractivity contribution < 1.29 is 13.2 Å². The molecule has 1 saturated carbocycles. The minimum atomic E-state index is -3.69. The van der Waals surface area contributed by atoms with Gasteiger partial charge in [-0.25, -0.2) is 18.1 Å². The van der Waals surface area contributed by atoms with E-state index in [0.717, 1.165) is 25.7 Å². The van der Waals surface area contributed by atoms with Crippen LogP contribution < -0.4 is 15.8 Å². The number of hydrogen-bond donors (Lipinski definition) is 3. The molecule has 0 radical (unpaired) electrons. The zero-order chi connectivity index (χ0) is 17.7. The zero-order valence-electron chi connectivity index (χ0n) is 14.3. The van der Waals surface area contributed by atoms with Crippen LogP contribution >= 0.6 is 0 Å². The van der Waals surface area contributed by atoms with Crippen LogP contribution in [0.2, 0.25) is 0 Å². The van der Waals surface area contributed by atoms with Crippen molar-refractivity contribution in [1.29, 1.82) is 0 Å². The molecule has 2 atom stereocenters. The zero-order valence-corrected chi connectivity index (χ0v) is 15.1. The van der Waals surface area contributed by atoms with Gasteiger partial charge in [0.1, 0.15) is 5.82 Å². The van der Waals surface area contributed by atoms with E-state index in [1.54, 1.807) is 18.5 Å². The van der Waals surface area contributed by atoms with E-state index >= 15 is 0 Å². The smallest absolute Gasteiger partial charge is 0.259 e. The van der Waals surface area contributed by atoms with Crippen LogP contribution in [0.4, 0.5) is 0 Å². The fourth-order valence-corrected chi connectivity index (χ4v) is 4.06. The van der Waals surface area contributed by atoms with Crippen LogP contribution in [0.5, 0.6) is 0 Å². The summed E-state index contributed by atoms with van der Waals surface area (Å²) < 4.78 is 28.3. The maximum Gasteiger partial charge on any atom is 0.259 e. The van der Waals surface area contributed by atoms with Crippen molar-refractivity contribution in [1.82, 2.24) is 19.6 Å². The second-order valence-corrected chi connectivity index (χ2v) is 8.05. The second-order valence-electron chi connectivity index (χ2n) is 6.34. The van der Waals surface area contributed by atoms with E-state index < -0.39 is 10.0 Å². The van der Waals surface area contributed by atoms with E-state index in [9.17, 15) is 13.2 Å². The third-order valence-electron chi connectivity index (χ3n) is 4.56. The topological polar surface area (TPSA) is 119 Å². The maximum absolute atomic E-state index is 12.1. The summed E-state index contributed by atoms with van der Waals surface area (Å²) in [7, 11) is -1.96. The number of nitrogens with two attached hydrogens (primary N) is 1. The molecule has 1 fully saturated rings. The second kappa shape index (κ2) is 8.09. The Labute approximate surface area is 143 Å². The number of hydrogen-bond acceptors (Lipinski definition) is 5. The highest BCUT2D eigenvalue weighted by molar-refractivity contribution is 7.89. The van der Waals surface area contributed by atoms with Crippen molar-refractivity contribution in [3.8, 4) is 0 Å². The van der Waals surface area contributed by atoms with Gasteiger partial charge in [-0.3, -0.25) is 4.79 Å². The third-order valence-corrected chi connectivity index (χ3v) is 5.90. The first kappa shape index (κ1) is 18.9. The molecule has 2 unspecified atom stereocenters. The molecular formula is C15H27N5O3S. The summed E-state index contributed by atoms with van der Waals surface area (Å²) >= 11 is 0. The number of carbonyl (C=O) groups is 1. The van der Waals surface area contributed by atoms with Gasteiger partial charge in [-0.1, -0.05) is 12.8 Å². The molecule has 1 heterocycles. The van der Waals surface area contributed by atoms with Crippen LogP contribution in [-0.2, 0) is 21.9 Å². The molecule has 1 amide bonds. The van der Waals surface area contributed by atoms with Gasteiger partial charge in [-0.05, 0) is 32.2 Å². The first-order valence-corrected chi connectivity index (χ1v) is 9.81.